The average Bonchev–Trinajstić information content (AvgIpc) is 2.99. The second kappa shape index (κ2) is 10.5. The van der Waals surface area contributed by atoms with Crippen molar-refractivity contribution in [1.82, 2.24) is 15.1 Å². The zero-order valence-electron chi connectivity index (χ0n) is 15.3. The summed E-state index contributed by atoms with van der Waals surface area (Å²) in [5, 5.41) is 3.27. The summed E-state index contributed by atoms with van der Waals surface area (Å²) in [6.45, 7) is 5.98. The quantitative estimate of drug-likeness (QED) is 0.385. The first kappa shape index (κ1) is 21.4. The van der Waals surface area contributed by atoms with Crippen LogP contribution in [0.4, 0.5) is 0 Å². The van der Waals surface area contributed by atoms with E-state index in [2.05, 4.69) is 26.2 Å². The van der Waals surface area contributed by atoms with Crippen LogP contribution < -0.4 is 5.32 Å². The Morgan fingerprint density at radius 1 is 1.31 bits per heavy atom. The van der Waals surface area contributed by atoms with Crippen LogP contribution in [0.2, 0.25) is 4.34 Å². The van der Waals surface area contributed by atoms with E-state index in [4.69, 9.17) is 16.3 Å². The van der Waals surface area contributed by atoms with Crippen molar-refractivity contribution in [2.75, 3.05) is 65.0 Å². The summed E-state index contributed by atoms with van der Waals surface area (Å²) in [5.74, 6) is 0.912. The van der Waals surface area contributed by atoms with Crippen molar-refractivity contribution in [3.8, 4) is 0 Å². The number of hydrogen-bond acceptors (Lipinski definition) is 6. The molecule has 148 valence electrons. The Bertz CT molecular complexity index is 685. The maximum absolute atomic E-state index is 11.0. The molecule has 10 heteroatoms. The molecule has 7 nitrogen and oxygen atoms in total. The Labute approximate surface area is 164 Å². The summed E-state index contributed by atoms with van der Waals surface area (Å²) >= 11 is 7.63. The second-order valence-electron chi connectivity index (χ2n) is 6.19. The van der Waals surface area contributed by atoms with Gasteiger partial charge in [-0.1, -0.05) is 11.6 Å². The molecule has 1 saturated heterocycles. The minimum absolute atomic E-state index is 0.0547. The molecule has 1 aromatic rings. The number of thiophene rings is 1. The third kappa shape index (κ3) is 7.79. The van der Waals surface area contributed by atoms with Gasteiger partial charge in [-0.05, 0) is 12.1 Å². The van der Waals surface area contributed by atoms with Gasteiger partial charge in [0.2, 0.25) is 0 Å². The summed E-state index contributed by atoms with van der Waals surface area (Å²) in [5.41, 5.74) is 0. The molecule has 0 unspecified atom stereocenters. The highest BCUT2D eigenvalue weighted by Gasteiger charge is 2.19. The minimum Gasteiger partial charge on any atom is -0.379 e. The number of piperazine rings is 1. The van der Waals surface area contributed by atoms with Gasteiger partial charge < -0.3 is 15.0 Å². The zero-order chi connectivity index (χ0) is 19.0. The van der Waals surface area contributed by atoms with Crippen LogP contribution in [-0.4, -0.2) is 89.2 Å². The first-order valence-electron chi connectivity index (χ1n) is 8.55. The fraction of sp³-hybridized carbons (Fsp3) is 0.688. The van der Waals surface area contributed by atoms with E-state index in [0.29, 0.717) is 13.2 Å². The molecule has 2 heterocycles. The van der Waals surface area contributed by atoms with E-state index in [0.717, 1.165) is 43.0 Å². The van der Waals surface area contributed by atoms with E-state index in [1.54, 1.807) is 18.4 Å². The lowest BCUT2D eigenvalue weighted by atomic mass is 10.3. The summed E-state index contributed by atoms with van der Waals surface area (Å²) in [7, 11) is -1.19. The summed E-state index contributed by atoms with van der Waals surface area (Å²) in [6.07, 6.45) is 1.21. The van der Waals surface area contributed by atoms with Gasteiger partial charge in [-0.3, -0.25) is 9.89 Å². The summed E-state index contributed by atoms with van der Waals surface area (Å²) in [6, 6.07) is 4.03. The number of hydrogen-bond donors (Lipinski definition) is 1. The second-order valence-corrected chi connectivity index (χ2v) is 10.2. The van der Waals surface area contributed by atoms with Crippen molar-refractivity contribution >= 4 is 38.7 Å². The van der Waals surface area contributed by atoms with Gasteiger partial charge in [0.1, 0.15) is 9.84 Å². The van der Waals surface area contributed by atoms with E-state index in [1.807, 2.05) is 6.07 Å². The lowest BCUT2D eigenvalue weighted by molar-refractivity contribution is 0.150. The molecule has 26 heavy (non-hydrogen) atoms. The van der Waals surface area contributed by atoms with Crippen molar-refractivity contribution in [3.63, 3.8) is 0 Å². The van der Waals surface area contributed by atoms with E-state index in [9.17, 15) is 8.42 Å². The fourth-order valence-corrected chi connectivity index (χ4v) is 4.21. The Hall–Kier alpha value is -0.870. The average molecular weight is 423 g/mol. The summed E-state index contributed by atoms with van der Waals surface area (Å²) in [4.78, 5) is 10.3. The molecule has 1 aliphatic heterocycles. The van der Waals surface area contributed by atoms with E-state index in [-0.39, 0.29) is 12.4 Å². The first-order valence-corrected chi connectivity index (χ1v) is 11.8. The van der Waals surface area contributed by atoms with Gasteiger partial charge in [0, 0.05) is 57.4 Å². The molecule has 2 rings (SSSR count). The van der Waals surface area contributed by atoms with Crippen LogP contribution in [0.3, 0.4) is 0 Å². The summed E-state index contributed by atoms with van der Waals surface area (Å²) < 4.78 is 28.3. The van der Waals surface area contributed by atoms with Crippen LogP contribution >= 0.6 is 22.9 Å². The molecule has 0 radical (unpaired) electrons. The number of sulfone groups is 1. The normalized spacial score (nSPS) is 16.9. The highest BCUT2D eigenvalue weighted by atomic mass is 35.5. The SMILES string of the molecule is CN=C(NCCOCCS(C)(=O)=O)N1CCN(Cc2ccc(Cl)s2)CC1. The van der Waals surface area contributed by atoms with Crippen molar-refractivity contribution in [2.24, 2.45) is 4.99 Å². The molecule has 0 atom stereocenters. The molecule has 0 saturated carbocycles. The number of ether oxygens (including phenoxy) is 1. The fourth-order valence-electron chi connectivity index (χ4n) is 2.65. The standard InChI is InChI=1S/C16H27ClN4O3S2/c1-18-16(19-5-10-24-11-12-26(2,22)23)21-8-6-20(7-9-21)13-14-3-4-15(17)25-14/h3-4H,5-13H2,1-2H3,(H,18,19). The number of rotatable bonds is 8. The third-order valence-electron chi connectivity index (χ3n) is 4.02. The van der Waals surface area contributed by atoms with Crippen LogP contribution in [0, 0.1) is 0 Å². The number of aliphatic imine (C=N–C) groups is 1. The molecule has 0 aliphatic carbocycles. The molecule has 0 aromatic carbocycles. The lowest BCUT2D eigenvalue weighted by Gasteiger charge is -2.36. The molecule has 1 N–H and O–H groups in total. The van der Waals surface area contributed by atoms with Gasteiger partial charge >= 0.3 is 0 Å². The smallest absolute Gasteiger partial charge is 0.193 e. The van der Waals surface area contributed by atoms with Gasteiger partial charge in [-0.15, -0.1) is 11.3 Å². The number of nitrogens with zero attached hydrogens (tertiary/aromatic N) is 3. The number of halogens is 1. The first-order chi connectivity index (χ1) is 12.4. The van der Waals surface area contributed by atoms with Gasteiger partial charge in [-0.25, -0.2) is 8.42 Å². The van der Waals surface area contributed by atoms with Crippen molar-refractivity contribution in [3.05, 3.63) is 21.3 Å². The molecular weight excluding hydrogens is 396 g/mol. The topological polar surface area (TPSA) is 74.2 Å². The molecule has 0 spiro atoms. The van der Waals surface area contributed by atoms with Gasteiger partial charge in [0.15, 0.2) is 5.96 Å². The highest BCUT2D eigenvalue weighted by Crippen LogP contribution is 2.23. The van der Waals surface area contributed by atoms with Crippen LogP contribution in [0.1, 0.15) is 4.88 Å². The monoisotopic (exact) mass is 422 g/mol. The van der Waals surface area contributed by atoms with Crippen molar-refractivity contribution in [1.29, 1.82) is 0 Å². The van der Waals surface area contributed by atoms with Crippen molar-refractivity contribution in [2.45, 2.75) is 6.54 Å². The van der Waals surface area contributed by atoms with Crippen molar-refractivity contribution < 1.29 is 13.2 Å². The number of nitrogens with one attached hydrogen (secondary N) is 1. The molecular formula is C16H27ClN4O3S2. The number of guanidine groups is 1. The Balaban J connectivity index is 1.64. The maximum atomic E-state index is 11.0. The van der Waals surface area contributed by atoms with Gasteiger partial charge in [-0.2, -0.15) is 0 Å². The van der Waals surface area contributed by atoms with Gasteiger partial charge in [0.05, 0.1) is 23.3 Å². The van der Waals surface area contributed by atoms with E-state index >= 15 is 0 Å². The predicted octanol–water partition coefficient (Wildman–Crippen LogP) is 1.16. The Morgan fingerprint density at radius 2 is 2.04 bits per heavy atom. The Morgan fingerprint density at radius 3 is 2.62 bits per heavy atom. The van der Waals surface area contributed by atoms with E-state index < -0.39 is 9.84 Å². The Kier molecular flexibility index (Phi) is 8.62. The highest BCUT2D eigenvalue weighted by molar-refractivity contribution is 7.90. The molecule has 0 bridgehead atoms. The van der Waals surface area contributed by atoms with Crippen LogP contribution in [0.5, 0.6) is 0 Å². The zero-order valence-corrected chi connectivity index (χ0v) is 17.7. The van der Waals surface area contributed by atoms with E-state index in [1.165, 1.54) is 11.1 Å². The van der Waals surface area contributed by atoms with Crippen LogP contribution in [0.25, 0.3) is 0 Å². The lowest BCUT2D eigenvalue weighted by Crippen LogP contribution is -2.52. The van der Waals surface area contributed by atoms with Crippen LogP contribution in [0.15, 0.2) is 17.1 Å². The molecule has 0 amide bonds. The largest absolute Gasteiger partial charge is 0.379 e. The maximum Gasteiger partial charge on any atom is 0.193 e. The predicted molar refractivity (Wildman–Crippen MR) is 108 cm³/mol. The third-order valence-corrected chi connectivity index (χ3v) is 6.14. The van der Waals surface area contributed by atoms with Gasteiger partial charge in [0.25, 0.3) is 0 Å². The minimum atomic E-state index is -2.96. The van der Waals surface area contributed by atoms with Crippen LogP contribution in [-0.2, 0) is 21.1 Å². The molecule has 1 aliphatic rings. The molecule has 1 fully saturated rings. The molecule has 1 aromatic heterocycles.